The minimum Gasteiger partial charge on any atom is -0.332 e. The molecule has 0 radical (unpaired) electrons. The van der Waals surface area contributed by atoms with Gasteiger partial charge in [-0.3, -0.25) is 9.59 Å². The second-order valence-corrected chi connectivity index (χ2v) is 5.63. The van der Waals surface area contributed by atoms with E-state index in [1.807, 2.05) is 0 Å². The molecule has 4 N–H and O–H groups in total. The van der Waals surface area contributed by atoms with E-state index in [1.54, 1.807) is 38.1 Å². The molecule has 0 aliphatic rings. The first-order valence-electron chi connectivity index (χ1n) is 6.58. The van der Waals surface area contributed by atoms with Gasteiger partial charge in [0, 0.05) is 24.2 Å². The lowest BCUT2D eigenvalue weighted by Gasteiger charge is -2.12. The van der Waals surface area contributed by atoms with Gasteiger partial charge in [0.1, 0.15) is 0 Å². The largest absolute Gasteiger partial charge is 0.332 e. The van der Waals surface area contributed by atoms with E-state index in [-0.39, 0.29) is 28.0 Å². The first-order valence-corrected chi connectivity index (χ1v) is 7.40. The van der Waals surface area contributed by atoms with E-state index in [9.17, 15) is 9.59 Å². The molecule has 2 amide bonds. The van der Waals surface area contributed by atoms with Crippen LogP contribution in [0.3, 0.4) is 0 Å². The van der Waals surface area contributed by atoms with Crippen LogP contribution in [-0.2, 0) is 9.59 Å². The second kappa shape index (κ2) is 8.40. The number of nitrogens with one attached hydrogen (secondary N) is 4. The average molecular weight is 338 g/mol. The van der Waals surface area contributed by atoms with E-state index >= 15 is 0 Å². The van der Waals surface area contributed by atoms with Gasteiger partial charge in [-0.15, -0.1) is 0 Å². The van der Waals surface area contributed by atoms with Crippen LogP contribution < -0.4 is 21.3 Å². The van der Waals surface area contributed by atoms with Crippen LogP contribution in [0, 0.1) is 5.92 Å². The predicted octanol–water partition coefficient (Wildman–Crippen LogP) is 1.99. The van der Waals surface area contributed by atoms with E-state index in [4.69, 9.17) is 24.4 Å². The highest BCUT2D eigenvalue weighted by Crippen LogP contribution is 2.13. The molecule has 0 aliphatic heterocycles. The highest BCUT2D eigenvalue weighted by atomic mass is 32.1. The molecule has 1 aromatic rings. The number of hydrogen-bond acceptors (Lipinski definition) is 4. The molecule has 1 aromatic carbocycles. The zero-order valence-corrected chi connectivity index (χ0v) is 14.2. The summed E-state index contributed by atoms with van der Waals surface area (Å²) in [5.74, 6) is -0.514. The molecule has 0 saturated carbocycles. The molecule has 118 valence electrons. The summed E-state index contributed by atoms with van der Waals surface area (Å²) >= 11 is 10.0. The number of hydrogen-bond donors (Lipinski definition) is 4. The zero-order chi connectivity index (χ0) is 16.7. The van der Waals surface area contributed by atoms with Gasteiger partial charge >= 0.3 is 0 Å². The van der Waals surface area contributed by atoms with Crippen LogP contribution in [0.4, 0.5) is 11.4 Å². The Morgan fingerprint density at radius 3 is 1.68 bits per heavy atom. The minimum atomic E-state index is -0.234. The van der Waals surface area contributed by atoms with Crippen LogP contribution >= 0.6 is 24.4 Å². The van der Waals surface area contributed by atoms with Crippen molar-refractivity contribution in [1.29, 1.82) is 0 Å². The van der Waals surface area contributed by atoms with Gasteiger partial charge in [-0.1, -0.05) is 13.8 Å². The van der Waals surface area contributed by atoms with Crippen molar-refractivity contribution in [1.82, 2.24) is 10.6 Å². The Labute approximate surface area is 140 Å². The van der Waals surface area contributed by atoms with Gasteiger partial charge in [0.15, 0.2) is 10.2 Å². The van der Waals surface area contributed by atoms with Crippen molar-refractivity contribution in [2.24, 2.45) is 5.92 Å². The molecular formula is C14H18N4O2S2. The molecule has 0 aromatic heterocycles. The number of benzene rings is 1. The molecule has 0 fully saturated rings. The predicted molar refractivity (Wildman–Crippen MR) is 95.7 cm³/mol. The molecule has 0 bridgehead atoms. The number of carbonyl (C=O) groups is 2. The molecule has 6 nitrogen and oxygen atoms in total. The molecule has 22 heavy (non-hydrogen) atoms. The van der Waals surface area contributed by atoms with E-state index in [0.717, 1.165) is 11.4 Å². The van der Waals surface area contributed by atoms with Crippen molar-refractivity contribution >= 4 is 57.8 Å². The lowest BCUT2D eigenvalue weighted by Crippen LogP contribution is -2.36. The summed E-state index contributed by atoms with van der Waals surface area (Å²) in [5, 5.41) is 11.3. The van der Waals surface area contributed by atoms with Gasteiger partial charge in [-0.2, -0.15) is 0 Å². The summed E-state index contributed by atoms with van der Waals surface area (Å²) < 4.78 is 0. The minimum absolute atomic E-state index is 0.138. The molecule has 0 unspecified atom stereocenters. The molecule has 0 spiro atoms. The number of amides is 2. The van der Waals surface area contributed by atoms with E-state index < -0.39 is 0 Å². The second-order valence-electron chi connectivity index (χ2n) is 4.81. The van der Waals surface area contributed by atoms with Crippen LogP contribution in [0.15, 0.2) is 24.3 Å². The van der Waals surface area contributed by atoms with Gasteiger partial charge in [0.05, 0.1) is 0 Å². The third-order valence-corrected chi connectivity index (χ3v) is 2.86. The Hall–Kier alpha value is -2.06. The number of rotatable bonds is 3. The summed E-state index contributed by atoms with van der Waals surface area (Å²) in [6, 6.07) is 7.08. The summed E-state index contributed by atoms with van der Waals surface area (Å²) in [7, 11) is 0. The Morgan fingerprint density at radius 2 is 1.32 bits per heavy atom. The molecule has 8 heteroatoms. The van der Waals surface area contributed by atoms with Crippen molar-refractivity contribution in [2.75, 3.05) is 10.6 Å². The maximum Gasteiger partial charge on any atom is 0.228 e. The first kappa shape index (κ1) is 18.0. The molecule has 0 heterocycles. The van der Waals surface area contributed by atoms with Crippen LogP contribution in [0.25, 0.3) is 0 Å². The summed E-state index contributed by atoms with van der Waals surface area (Å²) in [4.78, 5) is 22.4. The molecular weight excluding hydrogens is 320 g/mol. The maximum absolute atomic E-state index is 11.5. The maximum atomic E-state index is 11.5. The Bertz CT molecular complexity index is 585. The lowest BCUT2D eigenvalue weighted by atomic mass is 10.2. The van der Waals surface area contributed by atoms with Gasteiger partial charge in [-0.05, 0) is 48.7 Å². The summed E-state index contributed by atoms with van der Waals surface area (Å²) in [6.07, 6.45) is 0. The van der Waals surface area contributed by atoms with Gasteiger partial charge in [0.25, 0.3) is 0 Å². The Kier molecular flexibility index (Phi) is 6.87. The van der Waals surface area contributed by atoms with Crippen LogP contribution in [0.5, 0.6) is 0 Å². The van der Waals surface area contributed by atoms with E-state index in [0.29, 0.717) is 0 Å². The standard InChI is InChI=1S/C14H18N4O2S2/c1-8(2)12(20)18-14(22)17-11-6-4-10(5-7-11)16-13(21)15-9(3)19/h4-8H,1-3H3,(H2,15,16,19,21)(H2,17,18,20,22). The van der Waals surface area contributed by atoms with Gasteiger partial charge in [0.2, 0.25) is 11.8 Å². The van der Waals surface area contributed by atoms with Crippen LogP contribution in [-0.4, -0.2) is 22.0 Å². The molecule has 0 saturated heterocycles. The number of thiocarbonyl (C=S) groups is 2. The smallest absolute Gasteiger partial charge is 0.228 e. The number of carbonyl (C=O) groups excluding carboxylic acids is 2. The Balaban J connectivity index is 2.54. The van der Waals surface area contributed by atoms with Gasteiger partial charge < -0.3 is 21.3 Å². The molecule has 1 rings (SSSR count). The Morgan fingerprint density at radius 1 is 0.909 bits per heavy atom. The average Bonchev–Trinajstić information content (AvgIpc) is 2.39. The third kappa shape index (κ3) is 6.59. The van der Waals surface area contributed by atoms with E-state index in [1.165, 1.54) is 6.92 Å². The first-order chi connectivity index (χ1) is 10.3. The highest BCUT2D eigenvalue weighted by Gasteiger charge is 2.08. The monoisotopic (exact) mass is 338 g/mol. The van der Waals surface area contributed by atoms with Crippen molar-refractivity contribution in [3.05, 3.63) is 24.3 Å². The van der Waals surface area contributed by atoms with Crippen molar-refractivity contribution in [3.63, 3.8) is 0 Å². The zero-order valence-electron chi connectivity index (χ0n) is 12.5. The fraction of sp³-hybridized carbons (Fsp3) is 0.286. The molecule has 0 atom stereocenters. The van der Waals surface area contributed by atoms with Gasteiger partial charge in [-0.25, -0.2) is 0 Å². The fourth-order valence-electron chi connectivity index (χ4n) is 1.38. The SMILES string of the molecule is CC(=O)NC(=S)Nc1ccc(NC(=S)NC(=O)C(C)C)cc1. The topological polar surface area (TPSA) is 82.3 Å². The normalized spacial score (nSPS) is 9.82. The fourth-order valence-corrected chi connectivity index (χ4v) is 1.86. The van der Waals surface area contributed by atoms with Crippen LogP contribution in [0.1, 0.15) is 20.8 Å². The van der Waals surface area contributed by atoms with Crippen molar-refractivity contribution < 1.29 is 9.59 Å². The van der Waals surface area contributed by atoms with Crippen LogP contribution in [0.2, 0.25) is 0 Å². The summed E-state index contributed by atoms with van der Waals surface area (Å²) in [5.41, 5.74) is 1.45. The third-order valence-electron chi connectivity index (χ3n) is 2.45. The van der Waals surface area contributed by atoms with Crippen molar-refractivity contribution in [3.8, 4) is 0 Å². The quantitative estimate of drug-likeness (QED) is 0.631. The molecule has 0 aliphatic carbocycles. The van der Waals surface area contributed by atoms with E-state index in [2.05, 4.69) is 21.3 Å². The summed E-state index contributed by atoms with van der Waals surface area (Å²) in [6.45, 7) is 4.96. The lowest BCUT2D eigenvalue weighted by molar-refractivity contribution is -0.122. The number of anilines is 2. The highest BCUT2D eigenvalue weighted by molar-refractivity contribution is 7.80. The van der Waals surface area contributed by atoms with Crippen molar-refractivity contribution in [2.45, 2.75) is 20.8 Å².